The predicted molar refractivity (Wildman–Crippen MR) is 113 cm³/mol. The van der Waals surface area contributed by atoms with Crippen molar-refractivity contribution in [3.8, 4) is 12.1 Å². The molecule has 8 atom stereocenters. The van der Waals surface area contributed by atoms with Crippen molar-refractivity contribution < 1.29 is 24.5 Å². The van der Waals surface area contributed by atoms with Crippen molar-refractivity contribution in [3.63, 3.8) is 0 Å². The highest BCUT2D eigenvalue weighted by Gasteiger charge is 2.68. The van der Waals surface area contributed by atoms with Crippen LogP contribution in [-0.4, -0.2) is 113 Å². The van der Waals surface area contributed by atoms with E-state index in [4.69, 9.17) is 4.74 Å². The molecule has 0 radical (unpaired) electrons. The Balaban J connectivity index is 1.81. The van der Waals surface area contributed by atoms with Gasteiger partial charge in [0.15, 0.2) is 11.5 Å². The van der Waals surface area contributed by atoms with E-state index in [0.717, 1.165) is 0 Å². The summed E-state index contributed by atoms with van der Waals surface area (Å²) in [5.41, 5.74) is 0.603. The van der Waals surface area contributed by atoms with Crippen LogP contribution in [0.3, 0.4) is 0 Å². The molecule has 4 heterocycles. The summed E-state index contributed by atoms with van der Waals surface area (Å²) >= 11 is 0. The van der Waals surface area contributed by atoms with Gasteiger partial charge < -0.3 is 14.9 Å². The third kappa shape index (κ3) is 2.59. The Hall–Kier alpha value is -2.60. The minimum absolute atomic E-state index is 0.0551. The van der Waals surface area contributed by atoms with Crippen LogP contribution in [0.4, 0.5) is 0 Å². The number of carbonyl (C=O) groups is 2. The molecular weight excluding hydrogens is 426 g/mol. The summed E-state index contributed by atoms with van der Waals surface area (Å²) in [4.78, 5) is 33.1. The van der Waals surface area contributed by atoms with Crippen LogP contribution in [0.15, 0.2) is 22.5 Å². The third-order valence-corrected chi connectivity index (χ3v) is 8.42. The molecule has 0 aromatic carbocycles. The number of likely N-dealkylation sites (N-methyl/N-ethyl adjacent to an activating group) is 1. The Morgan fingerprint density at radius 2 is 1.79 bits per heavy atom. The van der Waals surface area contributed by atoms with Crippen molar-refractivity contribution in [2.24, 2.45) is 5.92 Å². The lowest BCUT2D eigenvalue weighted by molar-refractivity contribution is -0.130. The van der Waals surface area contributed by atoms with Crippen molar-refractivity contribution in [2.75, 3.05) is 33.9 Å². The summed E-state index contributed by atoms with van der Waals surface area (Å²) in [6, 6.07) is 1.42. The first-order chi connectivity index (χ1) is 15.9. The minimum Gasteiger partial charge on any atom is -0.492 e. The molecule has 0 saturated carbocycles. The molecule has 0 amide bonds. The number of Topliss-reactive ketones (excluding diaryl/α,β-unsaturated/α-hetero) is 2. The average Bonchev–Trinajstić information content (AvgIpc) is 3.07. The fourth-order valence-corrected chi connectivity index (χ4v) is 7.30. The first kappa shape index (κ1) is 22.2. The molecule has 3 fully saturated rings. The number of hydrogen-bond donors (Lipinski definition) is 2. The maximum atomic E-state index is 13.7. The summed E-state index contributed by atoms with van der Waals surface area (Å²) in [7, 11) is 3.28. The fraction of sp³-hybridized carbons (Fsp3) is 0.652. The summed E-state index contributed by atoms with van der Waals surface area (Å²) < 4.78 is 5.28. The van der Waals surface area contributed by atoms with Gasteiger partial charge in [0.25, 0.3) is 0 Å². The highest BCUT2D eigenvalue weighted by molar-refractivity contribution is 6.25. The Bertz CT molecular complexity index is 1070. The molecular formula is C23H27N5O5. The van der Waals surface area contributed by atoms with E-state index in [9.17, 15) is 30.3 Å². The van der Waals surface area contributed by atoms with E-state index in [1.165, 1.54) is 7.11 Å². The van der Waals surface area contributed by atoms with E-state index < -0.39 is 36.6 Å². The SMILES string of the molecule is COC1=C(C)C(=O)C2=C(C1=O)[C@@H](CO)N1[C@H]3[C@@H]4C(CC([C@H]1C#N)N4C)[C@H](C#N)N(CCO)[C@@H]23. The predicted octanol–water partition coefficient (Wildman–Crippen LogP) is -1.44. The summed E-state index contributed by atoms with van der Waals surface area (Å²) in [6.07, 6.45) is 0.616. The van der Waals surface area contributed by atoms with Gasteiger partial charge in [0.2, 0.25) is 5.78 Å². The van der Waals surface area contributed by atoms with E-state index in [0.29, 0.717) is 6.42 Å². The third-order valence-electron chi connectivity index (χ3n) is 8.42. The molecule has 3 saturated heterocycles. The molecule has 5 rings (SSSR count). The lowest BCUT2D eigenvalue weighted by Crippen LogP contribution is -2.78. The number of piperazine rings is 1. The second kappa shape index (κ2) is 7.73. The van der Waals surface area contributed by atoms with Crippen LogP contribution < -0.4 is 0 Å². The Labute approximate surface area is 191 Å². The Morgan fingerprint density at radius 1 is 1.09 bits per heavy atom. The van der Waals surface area contributed by atoms with Crippen LogP contribution in [0.1, 0.15) is 13.3 Å². The topological polar surface area (TPSA) is 141 Å². The number of hydrogen-bond acceptors (Lipinski definition) is 10. The second-order valence-corrected chi connectivity index (χ2v) is 9.46. The molecule has 4 aliphatic heterocycles. The number of piperidine rings is 1. The quantitative estimate of drug-likeness (QED) is 0.486. The van der Waals surface area contributed by atoms with Crippen molar-refractivity contribution in [3.05, 3.63) is 22.5 Å². The van der Waals surface area contributed by atoms with E-state index in [1.54, 1.807) is 6.92 Å². The number of ketones is 2. The van der Waals surface area contributed by atoms with E-state index in [2.05, 4.69) is 17.0 Å². The molecule has 2 unspecified atom stereocenters. The van der Waals surface area contributed by atoms with Gasteiger partial charge in [-0.2, -0.15) is 10.5 Å². The average molecular weight is 453 g/mol. The van der Waals surface area contributed by atoms with Crippen molar-refractivity contribution >= 4 is 11.6 Å². The molecule has 10 nitrogen and oxygen atoms in total. The number of aliphatic hydroxyl groups is 2. The molecule has 0 aromatic rings. The number of likely N-dealkylation sites (tertiary alicyclic amines) is 1. The number of rotatable bonds is 4. The number of fused-ring (bicyclic) bond motifs is 2. The van der Waals surface area contributed by atoms with Gasteiger partial charge >= 0.3 is 0 Å². The highest BCUT2D eigenvalue weighted by atomic mass is 16.5. The largest absolute Gasteiger partial charge is 0.492 e. The van der Waals surface area contributed by atoms with Gasteiger partial charge in [-0.15, -0.1) is 0 Å². The summed E-state index contributed by atoms with van der Waals surface area (Å²) in [5, 5.41) is 40.7. The molecule has 1 aliphatic carbocycles. The smallest absolute Gasteiger partial charge is 0.226 e. The number of nitrogens with zero attached hydrogens (tertiary/aromatic N) is 5. The maximum absolute atomic E-state index is 13.7. The second-order valence-electron chi connectivity index (χ2n) is 9.46. The van der Waals surface area contributed by atoms with Crippen LogP contribution in [0.25, 0.3) is 0 Å². The van der Waals surface area contributed by atoms with Crippen LogP contribution >= 0.6 is 0 Å². The van der Waals surface area contributed by atoms with Crippen LogP contribution in [-0.2, 0) is 14.3 Å². The monoisotopic (exact) mass is 453 g/mol. The molecule has 33 heavy (non-hydrogen) atoms. The first-order valence-corrected chi connectivity index (χ1v) is 11.2. The van der Waals surface area contributed by atoms with E-state index in [1.807, 2.05) is 16.8 Å². The van der Waals surface area contributed by atoms with Crippen molar-refractivity contribution in [1.82, 2.24) is 14.7 Å². The van der Waals surface area contributed by atoms with Crippen molar-refractivity contribution in [1.29, 1.82) is 10.5 Å². The Morgan fingerprint density at radius 3 is 2.36 bits per heavy atom. The van der Waals surface area contributed by atoms with Crippen LogP contribution in [0.2, 0.25) is 0 Å². The Kier molecular flexibility index (Phi) is 5.20. The zero-order valence-electron chi connectivity index (χ0n) is 18.8. The number of allylic oxidation sites excluding steroid dienone is 2. The van der Waals surface area contributed by atoms with Gasteiger partial charge in [0, 0.05) is 47.3 Å². The van der Waals surface area contributed by atoms with Gasteiger partial charge in [-0.25, -0.2) is 0 Å². The maximum Gasteiger partial charge on any atom is 0.226 e. The van der Waals surface area contributed by atoms with Crippen LogP contribution in [0.5, 0.6) is 0 Å². The molecule has 10 heteroatoms. The lowest BCUT2D eigenvalue weighted by atomic mass is 9.68. The van der Waals surface area contributed by atoms with Gasteiger partial charge in [0.1, 0.15) is 12.1 Å². The van der Waals surface area contributed by atoms with E-state index >= 15 is 0 Å². The number of β-amino-alcohol motifs (C(OH)–C–C–N with tert-alkyl or cyclic N) is 1. The number of carbonyl (C=O) groups excluding carboxylic acids is 2. The van der Waals surface area contributed by atoms with Gasteiger partial charge in [-0.3, -0.25) is 24.3 Å². The lowest BCUT2D eigenvalue weighted by Gasteiger charge is -2.62. The zero-order chi connectivity index (χ0) is 23.8. The molecule has 0 spiro atoms. The molecule has 174 valence electrons. The summed E-state index contributed by atoms with van der Waals surface area (Å²) in [6.45, 7) is 1.06. The molecule has 0 aromatic heterocycles. The molecule has 5 aliphatic rings. The minimum atomic E-state index is -0.826. The van der Waals surface area contributed by atoms with Gasteiger partial charge in [-0.1, -0.05) is 0 Å². The number of ether oxygens (including phenoxy) is 1. The molecule has 2 N–H and O–H groups in total. The highest BCUT2D eigenvalue weighted by Crippen LogP contribution is 2.53. The van der Waals surface area contributed by atoms with Gasteiger partial charge in [-0.05, 0) is 20.4 Å². The number of methoxy groups -OCH3 is 1. The number of nitriles is 2. The zero-order valence-corrected chi connectivity index (χ0v) is 18.8. The van der Waals surface area contributed by atoms with Crippen LogP contribution in [0, 0.1) is 28.6 Å². The normalized spacial score (nSPS) is 40.6. The first-order valence-electron chi connectivity index (χ1n) is 11.2. The van der Waals surface area contributed by atoms with Gasteiger partial charge in [0.05, 0.1) is 44.5 Å². The standard InChI is InChI=1S/C23H27N5O5/c1-10-21(31)17-16(22(32)23(10)33-3)15(9-30)28-14(8-25)12-6-11-13(7-24)27(4-5-29)19(17)20(28)18(11)26(12)2/h11-15,18-20,29-30H,4-6,9H2,1-3H3/t11?,12?,13-,14+,15+,18-,19-,20-/m0/s1. The van der Waals surface area contributed by atoms with E-state index in [-0.39, 0.29) is 65.5 Å². The number of aliphatic hydroxyl groups excluding tert-OH is 2. The summed E-state index contributed by atoms with van der Waals surface area (Å²) in [5.74, 6) is -0.954. The van der Waals surface area contributed by atoms with Crippen molar-refractivity contribution in [2.45, 2.75) is 55.6 Å². The molecule has 2 bridgehead atoms. The fourth-order valence-electron chi connectivity index (χ4n) is 7.30.